The van der Waals surface area contributed by atoms with Gasteiger partial charge in [-0.15, -0.1) is 0 Å². The summed E-state index contributed by atoms with van der Waals surface area (Å²) in [5.74, 6) is -0.192. The number of carbonyl (C=O) groups excluding carboxylic acids is 3. The minimum Gasteiger partial charge on any atom is -0.450 e. The molecule has 1 heterocycles. The molecule has 3 amide bonds. The summed E-state index contributed by atoms with van der Waals surface area (Å²) in [6.07, 6.45) is 2.36. The molecule has 0 unspecified atom stereocenters. The van der Waals surface area contributed by atoms with Crippen LogP contribution >= 0.6 is 0 Å². The first kappa shape index (κ1) is 18.5. The van der Waals surface area contributed by atoms with Gasteiger partial charge in [-0.05, 0) is 46.5 Å². The highest BCUT2D eigenvalue weighted by molar-refractivity contribution is 6.07. The molecule has 0 atom stereocenters. The van der Waals surface area contributed by atoms with Gasteiger partial charge in [0.15, 0.2) is 0 Å². The Bertz CT molecular complexity index is 478. The Labute approximate surface area is 143 Å². The lowest BCUT2D eigenvalue weighted by atomic mass is 10.0. The van der Waals surface area contributed by atoms with Crippen LogP contribution in [0.25, 0.3) is 0 Å². The van der Waals surface area contributed by atoms with Crippen LogP contribution in [0.5, 0.6) is 0 Å². The average Bonchev–Trinajstić information content (AvgIpc) is 3.38. The van der Waals surface area contributed by atoms with Gasteiger partial charge in [0.2, 0.25) is 11.8 Å². The number of ether oxygens (including phenoxy) is 1. The Kier molecular flexibility index (Phi) is 6.07. The number of hydrogen-bond acceptors (Lipinski definition) is 4. The molecule has 7 heteroatoms. The van der Waals surface area contributed by atoms with Crippen LogP contribution in [-0.4, -0.2) is 66.5 Å². The minimum atomic E-state index is -0.843. The maximum atomic E-state index is 12.6. The Hall–Kier alpha value is -1.79. The second-order valence-corrected chi connectivity index (χ2v) is 6.49. The van der Waals surface area contributed by atoms with Crippen molar-refractivity contribution in [3.63, 3.8) is 0 Å². The molecule has 0 spiro atoms. The van der Waals surface area contributed by atoms with Gasteiger partial charge in [0.1, 0.15) is 5.41 Å². The molecule has 2 aliphatic rings. The van der Waals surface area contributed by atoms with E-state index in [1.54, 1.807) is 16.7 Å². The zero-order valence-electron chi connectivity index (χ0n) is 15.0. The number of nitrogens with zero attached hydrogens (tertiary/aromatic N) is 2. The summed E-state index contributed by atoms with van der Waals surface area (Å²) in [5.41, 5.74) is -0.843. The van der Waals surface area contributed by atoms with E-state index in [1.165, 1.54) is 0 Å². The third kappa shape index (κ3) is 3.82. The maximum Gasteiger partial charge on any atom is 0.409 e. The Morgan fingerprint density at radius 1 is 1.12 bits per heavy atom. The summed E-state index contributed by atoms with van der Waals surface area (Å²) in [6.45, 7) is 8.41. The number of nitrogens with one attached hydrogen (secondary N) is 1. The molecule has 1 N–H and O–H groups in total. The Morgan fingerprint density at radius 3 is 2.17 bits per heavy atom. The Balaban J connectivity index is 1.85. The molecule has 2 fully saturated rings. The van der Waals surface area contributed by atoms with E-state index in [1.807, 2.05) is 13.8 Å². The second-order valence-electron chi connectivity index (χ2n) is 6.49. The molecule has 24 heavy (non-hydrogen) atoms. The van der Waals surface area contributed by atoms with E-state index in [4.69, 9.17) is 4.74 Å². The Morgan fingerprint density at radius 2 is 1.71 bits per heavy atom. The number of rotatable bonds is 6. The van der Waals surface area contributed by atoms with Gasteiger partial charge < -0.3 is 19.9 Å². The monoisotopic (exact) mass is 339 g/mol. The minimum absolute atomic E-state index is 0.0187. The van der Waals surface area contributed by atoms with Crippen molar-refractivity contribution >= 4 is 17.9 Å². The van der Waals surface area contributed by atoms with E-state index in [9.17, 15) is 14.4 Å². The van der Waals surface area contributed by atoms with Gasteiger partial charge in [-0.2, -0.15) is 0 Å². The van der Waals surface area contributed by atoms with Gasteiger partial charge >= 0.3 is 6.09 Å². The number of likely N-dealkylation sites (tertiary alicyclic amines) is 1. The third-order valence-corrected chi connectivity index (χ3v) is 5.00. The molecule has 0 aromatic heterocycles. The molecule has 0 aromatic carbocycles. The van der Waals surface area contributed by atoms with Crippen molar-refractivity contribution in [2.24, 2.45) is 5.41 Å². The van der Waals surface area contributed by atoms with Gasteiger partial charge in [-0.1, -0.05) is 0 Å². The van der Waals surface area contributed by atoms with E-state index in [2.05, 4.69) is 5.32 Å². The molecule has 1 aliphatic heterocycles. The van der Waals surface area contributed by atoms with Crippen LogP contribution in [0.4, 0.5) is 4.79 Å². The van der Waals surface area contributed by atoms with E-state index in [0.29, 0.717) is 58.5 Å². The lowest BCUT2D eigenvalue weighted by Crippen LogP contribution is -2.51. The lowest BCUT2D eigenvalue weighted by molar-refractivity contribution is -0.144. The van der Waals surface area contributed by atoms with Crippen LogP contribution in [0.3, 0.4) is 0 Å². The van der Waals surface area contributed by atoms with Crippen molar-refractivity contribution in [2.75, 3.05) is 32.8 Å². The predicted molar refractivity (Wildman–Crippen MR) is 89.4 cm³/mol. The molecule has 1 saturated heterocycles. The van der Waals surface area contributed by atoms with Gasteiger partial charge in [0, 0.05) is 32.2 Å². The standard InChI is InChI=1S/C17H29N3O4/c1-4-19(5-2)15(22)17(9-10-17)14(21)18-13-7-11-20(12-8-13)16(23)24-6-3/h13H,4-12H2,1-3H3,(H,18,21). The van der Waals surface area contributed by atoms with Gasteiger partial charge in [-0.3, -0.25) is 9.59 Å². The van der Waals surface area contributed by atoms with Crippen molar-refractivity contribution < 1.29 is 19.1 Å². The summed E-state index contributed by atoms with van der Waals surface area (Å²) in [5, 5.41) is 3.03. The van der Waals surface area contributed by atoms with Crippen molar-refractivity contribution in [1.29, 1.82) is 0 Å². The summed E-state index contributed by atoms with van der Waals surface area (Å²) < 4.78 is 4.99. The molecule has 1 saturated carbocycles. The first-order valence-electron chi connectivity index (χ1n) is 9.00. The van der Waals surface area contributed by atoms with Crippen molar-refractivity contribution in [2.45, 2.75) is 52.5 Å². The maximum absolute atomic E-state index is 12.6. The summed E-state index contributed by atoms with van der Waals surface area (Å²) in [4.78, 5) is 40.3. The van der Waals surface area contributed by atoms with E-state index < -0.39 is 5.41 Å². The fourth-order valence-electron chi connectivity index (χ4n) is 3.22. The van der Waals surface area contributed by atoms with Crippen LogP contribution in [-0.2, 0) is 14.3 Å². The number of amides is 3. The molecular weight excluding hydrogens is 310 g/mol. The molecule has 0 radical (unpaired) electrons. The second kappa shape index (κ2) is 7.85. The van der Waals surface area contributed by atoms with E-state index in [-0.39, 0.29) is 23.9 Å². The van der Waals surface area contributed by atoms with Crippen LogP contribution in [0.1, 0.15) is 46.5 Å². The highest BCUT2D eigenvalue weighted by Gasteiger charge is 2.58. The van der Waals surface area contributed by atoms with Crippen molar-refractivity contribution in [3.05, 3.63) is 0 Å². The zero-order chi connectivity index (χ0) is 17.7. The number of piperidine rings is 1. The zero-order valence-corrected chi connectivity index (χ0v) is 15.0. The van der Waals surface area contributed by atoms with E-state index >= 15 is 0 Å². The highest BCUT2D eigenvalue weighted by Crippen LogP contribution is 2.47. The molecule has 0 bridgehead atoms. The largest absolute Gasteiger partial charge is 0.450 e. The van der Waals surface area contributed by atoms with Gasteiger partial charge in [0.05, 0.1) is 6.61 Å². The summed E-state index contributed by atoms with van der Waals surface area (Å²) in [7, 11) is 0. The smallest absolute Gasteiger partial charge is 0.409 e. The SMILES string of the molecule is CCOC(=O)N1CCC(NC(=O)C2(C(=O)N(CC)CC)CC2)CC1. The van der Waals surface area contributed by atoms with Gasteiger partial charge in [-0.25, -0.2) is 4.79 Å². The number of carbonyl (C=O) groups is 3. The van der Waals surface area contributed by atoms with E-state index in [0.717, 1.165) is 0 Å². The summed E-state index contributed by atoms with van der Waals surface area (Å²) >= 11 is 0. The first-order valence-corrected chi connectivity index (χ1v) is 9.00. The molecule has 0 aromatic rings. The molecular formula is C17H29N3O4. The quantitative estimate of drug-likeness (QED) is 0.741. The average molecular weight is 339 g/mol. The topological polar surface area (TPSA) is 79.0 Å². The molecule has 2 rings (SSSR count). The summed E-state index contributed by atoms with van der Waals surface area (Å²) in [6, 6.07) is 0.0187. The van der Waals surface area contributed by atoms with Crippen molar-refractivity contribution in [3.8, 4) is 0 Å². The molecule has 136 valence electrons. The number of hydrogen-bond donors (Lipinski definition) is 1. The fourth-order valence-corrected chi connectivity index (χ4v) is 3.22. The normalized spacial score (nSPS) is 19.5. The van der Waals surface area contributed by atoms with Crippen molar-refractivity contribution in [1.82, 2.24) is 15.1 Å². The van der Waals surface area contributed by atoms with Crippen LogP contribution in [0.2, 0.25) is 0 Å². The lowest BCUT2D eigenvalue weighted by Gasteiger charge is -2.33. The first-order chi connectivity index (χ1) is 11.5. The fraction of sp³-hybridized carbons (Fsp3) is 0.824. The van der Waals surface area contributed by atoms with Crippen LogP contribution in [0.15, 0.2) is 0 Å². The van der Waals surface area contributed by atoms with Gasteiger partial charge in [0.25, 0.3) is 0 Å². The predicted octanol–water partition coefficient (Wildman–Crippen LogP) is 1.37. The molecule has 7 nitrogen and oxygen atoms in total. The molecule has 1 aliphatic carbocycles. The highest BCUT2D eigenvalue weighted by atomic mass is 16.6. The van der Waals surface area contributed by atoms with Crippen LogP contribution in [0, 0.1) is 5.41 Å². The van der Waals surface area contributed by atoms with Crippen LogP contribution < -0.4 is 5.32 Å². The third-order valence-electron chi connectivity index (χ3n) is 5.00.